The minimum atomic E-state index is -0.699. The van der Waals surface area contributed by atoms with E-state index in [0.29, 0.717) is 23.8 Å². The van der Waals surface area contributed by atoms with Gasteiger partial charge in [-0.3, -0.25) is 9.59 Å². The molecule has 8 heteroatoms. The molecule has 0 spiro atoms. The molecule has 0 bridgehead atoms. The molecule has 26 heavy (non-hydrogen) atoms. The number of ketones is 1. The van der Waals surface area contributed by atoms with E-state index in [1.807, 2.05) is 12.1 Å². The Morgan fingerprint density at radius 1 is 1.35 bits per heavy atom. The highest BCUT2D eigenvalue weighted by Gasteiger charge is 2.38. The number of aryl methyl sites for hydroxylation is 2. The first kappa shape index (κ1) is 18.5. The van der Waals surface area contributed by atoms with Crippen LogP contribution in [0.5, 0.6) is 0 Å². The Balaban J connectivity index is 1.61. The molecule has 0 unspecified atom stereocenters. The first-order valence-electron chi connectivity index (χ1n) is 8.46. The van der Waals surface area contributed by atoms with Crippen LogP contribution in [0.25, 0.3) is 0 Å². The maximum atomic E-state index is 12.6. The average Bonchev–Trinajstić information content (AvgIpc) is 3.19. The van der Waals surface area contributed by atoms with Crippen LogP contribution in [0.4, 0.5) is 0 Å². The molecule has 1 amide bonds. The zero-order valence-electron chi connectivity index (χ0n) is 14.4. The number of Topliss-reactive ketones (excluding diaryl/α,β-unsaturated/α-hetero) is 1. The highest BCUT2D eigenvalue weighted by molar-refractivity contribution is 6.30. The number of aliphatic hydroxyl groups is 1. The van der Waals surface area contributed by atoms with Gasteiger partial charge in [0.05, 0.1) is 18.6 Å². The molecule has 1 saturated heterocycles. The standard InChI is InChI=1S/C18H20ClN3O4/c1-11-20-17(21-26-11)9-18(25)22-10-14(23)8-15(22)16(24)7-4-12-2-5-13(19)6-3-12/h2-3,5-6,14-15,23H,4,7-10H2,1H3/t14-,15+/m1/s1. The second kappa shape index (κ2) is 7.97. The number of hydrogen-bond donors (Lipinski definition) is 1. The maximum Gasteiger partial charge on any atom is 0.231 e. The van der Waals surface area contributed by atoms with Crippen molar-refractivity contribution in [3.63, 3.8) is 0 Å². The lowest BCUT2D eigenvalue weighted by Gasteiger charge is -2.23. The number of β-amino-alcohol motifs (C(OH)–C–C–N with tert-alkyl or cyclic N) is 1. The van der Waals surface area contributed by atoms with Crippen molar-refractivity contribution in [2.45, 2.75) is 44.8 Å². The Kier molecular flexibility index (Phi) is 5.68. The van der Waals surface area contributed by atoms with Gasteiger partial charge in [0.15, 0.2) is 11.6 Å². The summed E-state index contributed by atoms with van der Waals surface area (Å²) < 4.78 is 4.86. The van der Waals surface area contributed by atoms with Gasteiger partial charge in [0.25, 0.3) is 0 Å². The molecular formula is C18H20ClN3O4. The number of carbonyl (C=O) groups is 2. The third kappa shape index (κ3) is 4.47. The van der Waals surface area contributed by atoms with Gasteiger partial charge in [-0.1, -0.05) is 28.9 Å². The van der Waals surface area contributed by atoms with E-state index in [0.717, 1.165) is 5.56 Å². The number of nitrogens with zero attached hydrogens (tertiary/aromatic N) is 3. The van der Waals surface area contributed by atoms with E-state index >= 15 is 0 Å². The molecule has 2 atom stereocenters. The Morgan fingerprint density at radius 3 is 2.73 bits per heavy atom. The number of aliphatic hydroxyl groups excluding tert-OH is 1. The quantitative estimate of drug-likeness (QED) is 0.823. The lowest BCUT2D eigenvalue weighted by molar-refractivity contribution is -0.137. The fourth-order valence-corrected chi connectivity index (χ4v) is 3.26. The number of rotatable bonds is 6. The predicted molar refractivity (Wildman–Crippen MR) is 93.6 cm³/mol. The summed E-state index contributed by atoms with van der Waals surface area (Å²) in [4.78, 5) is 30.6. The van der Waals surface area contributed by atoms with Crippen molar-refractivity contribution in [1.29, 1.82) is 0 Å². The number of benzene rings is 1. The van der Waals surface area contributed by atoms with Crippen molar-refractivity contribution >= 4 is 23.3 Å². The minimum Gasteiger partial charge on any atom is -0.391 e. The minimum absolute atomic E-state index is 0.0506. The van der Waals surface area contributed by atoms with Crippen molar-refractivity contribution in [2.24, 2.45) is 0 Å². The second-order valence-electron chi connectivity index (χ2n) is 6.45. The summed E-state index contributed by atoms with van der Waals surface area (Å²) in [6.07, 6.45) is 0.371. The molecule has 1 aliphatic rings. The molecule has 2 heterocycles. The largest absolute Gasteiger partial charge is 0.391 e. The van der Waals surface area contributed by atoms with Crippen molar-refractivity contribution in [3.8, 4) is 0 Å². The normalized spacial score (nSPS) is 19.7. The summed E-state index contributed by atoms with van der Waals surface area (Å²) in [5.74, 6) is 0.312. The lowest BCUT2D eigenvalue weighted by Crippen LogP contribution is -2.41. The van der Waals surface area contributed by atoms with Gasteiger partial charge < -0.3 is 14.5 Å². The summed E-state index contributed by atoms with van der Waals surface area (Å²) in [6.45, 7) is 1.79. The molecule has 2 aromatic rings. The number of hydrogen-bond acceptors (Lipinski definition) is 6. The molecule has 1 fully saturated rings. The van der Waals surface area contributed by atoms with Gasteiger partial charge in [0, 0.05) is 31.3 Å². The molecule has 1 aromatic heterocycles. The summed E-state index contributed by atoms with van der Waals surface area (Å²) in [7, 11) is 0. The van der Waals surface area contributed by atoms with Gasteiger partial charge in [0.2, 0.25) is 11.8 Å². The van der Waals surface area contributed by atoms with E-state index in [9.17, 15) is 14.7 Å². The van der Waals surface area contributed by atoms with Crippen LogP contribution >= 0.6 is 11.6 Å². The van der Waals surface area contributed by atoms with Crippen LogP contribution < -0.4 is 0 Å². The number of amides is 1. The third-order valence-electron chi connectivity index (χ3n) is 4.42. The molecular weight excluding hydrogens is 358 g/mol. The van der Waals surface area contributed by atoms with Crippen LogP contribution in [0.15, 0.2) is 28.8 Å². The van der Waals surface area contributed by atoms with Gasteiger partial charge in [-0.15, -0.1) is 0 Å². The van der Waals surface area contributed by atoms with Crippen LogP contribution in [0, 0.1) is 6.92 Å². The lowest BCUT2D eigenvalue weighted by atomic mass is 10.0. The first-order valence-corrected chi connectivity index (χ1v) is 8.84. The first-order chi connectivity index (χ1) is 12.4. The summed E-state index contributed by atoms with van der Waals surface area (Å²) >= 11 is 5.86. The van der Waals surface area contributed by atoms with Gasteiger partial charge in [-0.2, -0.15) is 4.98 Å². The predicted octanol–water partition coefficient (Wildman–Crippen LogP) is 1.74. The number of likely N-dealkylation sites (tertiary alicyclic amines) is 1. The van der Waals surface area contributed by atoms with Crippen LogP contribution in [0.3, 0.4) is 0 Å². The number of carbonyl (C=O) groups excluding carboxylic acids is 2. The Bertz CT molecular complexity index is 790. The maximum absolute atomic E-state index is 12.6. The van der Waals surface area contributed by atoms with Crippen molar-refractivity contribution in [3.05, 3.63) is 46.6 Å². The molecule has 0 radical (unpaired) electrons. The van der Waals surface area contributed by atoms with Gasteiger partial charge in [-0.05, 0) is 24.1 Å². The molecule has 1 aromatic carbocycles. The Hall–Kier alpha value is -2.25. The summed E-state index contributed by atoms with van der Waals surface area (Å²) in [6, 6.07) is 6.70. The topological polar surface area (TPSA) is 96.5 Å². The van der Waals surface area contributed by atoms with Gasteiger partial charge in [0.1, 0.15) is 0 Å². The number of halogens is 1. The van der Waals surface area contributed by atoms with Crippen LogP contribution in [-0.2, 0) is 22.4 Å². The third-order valence-corrected chi connectivity index (χ3v) is 4.68. The van der Waals surface area contributed by atoms with Crippen molar-refractivity contribution in [2.75, 3.05) is 6.54 Å². The van der Waals surface area contributed by atoms with E-state index in [2.05, 4.69) is 10.1 Å². The van der Waals surface area contributed by atoms with E-state index in [1.165, 1.54) is 4.90 Å². The Labute approximate surface area is 155 Å². The van der Waals surface area contributed by atoms with E-state index in [4.69, 9.17) is 16.1 Å². The summed E-state index contributed by atoms with van der Waals surface area (Å²) in [5, 5.41) is 14.3. The van der Waals surface area contributed by atoms with Crippen LogP contribution in [0.2, 0.25) is 5.02 Å². The monoisotopic (exact) mass is 377 g/mol. The molecule has 1 aliphatic heterocycles. The molecule has 3 rings (SSSR count). The number of aromatic nitrogens is 2. The van der Waals surface area contributed by atoms with Crippen LogP contribution in [0.1, 0.15) is 30.1 Å². The highest BCUT2D eigenvalue weighted by atomic mass is 35.5. The zero-order valence-corrected chi connectivity index (χ0v) is 15.1. The van der Waals surface area contributed by atoms with Gasteiger partial charge >= 0.3 is 0 Å². The van der Waals surface area contributed by atoms with E-state index < -0.39 is 12.1 Å². The smallest absolute Gasteiger partial charge is 0.231 e. The van der Waals surface area contributed by atoms with Crippen molar-refractivity contribution in [1.82, 2.24) is 15.0 Å². The zero-order chi connectivity index (χ0) is 18.7. The molecule has 138 valence electrons. The van der Waals surface area contributed by atoms with Crippen LogP contribution in [-0.4, -0.2) is 50.5 Å². The Morgan fingerprint density at radius 2 is 2.08 bits per heavy atom. The van der Waals surface area contributed by atoms with Crippen molar-refractivity contribution < 1.29 is 19.2 Å². The molecule has 0 saturated carbocycles. The molecule has 1 N–H and O–H groups in total. The van der Waals surface area contributed by atoms with Gasteiger partial charge in [-0.25, -0.2) is 0 Å². The fourth-order valence-electron chi connectivity index (χ4n) is 3.13. The summed E-state index contributed by atoms with van der Waals surface area (Å²) in [5.41, 5.74) is 1.00. The van der Waals surface area contributed by atoms with E-state index in [1.54, 1.807) is 19.1 Å². The van der Waals surface area contributed by atoms with E-state index in [-0.39, 0.29) is 36.9 Å². The molecule has 7 nitrogen and oxygen atoms in total. The average molecular weight is 378 g/mol. The second-order valence-corrected chi connectivity index (χ2v) is 6.89. The molecule has 0 aliphatic carbocycles. The fraction of sp³-hybridized carbons (Fsp3) is 0.444. The highest BCUT2D eigenvalue weighted by Crippen LogP contribution is 2.22. The SMILES string of the molecule is Cc1nc(CC(=O)N2C[C@H](O)C[C@H]2C(=O)CCc2ccc(Cl)cc2)no1.